The third-order valence-electron chi connectivity index (χ3n) is 5.33. The van der Waals surface area contributed by atoms with Gasteiger partial charge in [-0.25, -0.2) is 4.79 Å². The first kappa shape index (κ1) is 20.2. The summed E-state index contributed by atoms with van der Waals surface area (Å²) in [6, 6.07) is 7.20. The highest BCUT2D eigenvalue weighted by atomic mass is 16.7. The number of amides is 1. The second-order valence-electron chi connectivity index (χ2n) is 8.05. The number of rotatable bonds is 5. The molecule has 1 amide bonds. The van der Waals surface area contributed by atoms with Crippen LogP contribution >= 0.6 is 0 Å². The molecular weight excluding hydrogens is 359 g/mol. The fourth-order valence-electron chi connectivity index (χ4n) is 2.99. The predicted molar refractivity (Wildman–Crippen MR) is 108 cm³/mol. The number of nitrogens with one attached hydrogen (secondary N) is 2. The number of H-pyrrole nitrogens is 1. The van der Waals surface area contributed by atoms with Crippen molar-refractivity contribution < 1.29 is 24.0 Å². The van der Waals surface area contributed by atoms with Crippen molar-refractivity contribution in [3.05, 3.63) is 41.0 Å². The number of aromatic nitrogens is 1. The molecule has 3 rings (SSSR count). The molecule has 0 spiro atoms. The number of benzene rings is 1. The minimum absolute atomic E-state index is 0.139. The standard InChI is InChI=1S/C20H25BN2O5/c1-12(24)22-11-15(21-27-19(2,3)20(4,5)28-21)8-13-6-7-14-10-17(18(25)26)23-16(14)9-13/h6-10,23H,11H2,1-5H3,(H,22,24)(H,25,26). The van der Waals surface area contributed by atoms with Crippen LogP contribution in [0, 0.1) is 0 Å². The Balaban J connectivity index is 1.95. The number of fused-ring (bicyclic) bond motifs is 1. The molecule has 1 aromatic carbocycles. The number of hydrogen-bond donors (Lipinski definition) is 3. The molecule has 0 atom stereocenters. The van der Waals surface area contributed by atoms with E-state index in [4.69, 9.17) is 14.4 Å². The first-order chi connectivity index (χ1) is 13.0. The lowest BCUT2D eigenvalue weighted by atomic mass is 9.77. The number of aromatic carboxylic acids is 1. The minimum atomic E-state index is -1.00. The van der Waals surface area contributed by atoms with E-state index in [2.05, 4.69) is 10.3 Å². The quantitative estimate of drug-likeness (QED) is 0.688. The minimum Gasteiger partial charge on any atom is -0.477 e. The van der Waals surface area contributed by atoms with Crippen LogP contribution < -0.4 is 5.32 Å². The SMILES string of the molecule is CC(=O)NCC(=Cc1ccc2cc(C(=O)O)[nH]c2c1)B1OC(C)(C)C(C)(C)O1. The average molecular weight is 384 g/mol. The van der Waals surface area contributed by atoms with Crippen LogP contribution in [0.3, 0.4) is 0 Å². The molecule has 0 saturated carbocycles. The third kappa shape index (κ3) is 3.98. The first-order valence-electron chi connectivity index (χ1n) is 9.15. The summed E-state index contributed by atoms with van der Waals surface area (Å²) < 4.78 is 12.3. The fourth-order valence-corrected chi connectivity index (χ4v) is 2.99. The maximum Gasteiger partial charge on any atom is 0.492 e. The number of carbonyl (C=O) groups is 2. The summed E-state index contributed by atoms with van der Waals surface area (Å²) in [5.41, 5.74) is 1.50. The third-order valence-corrected chi connectivity index (χ3v) is 5.33. The topological polar surface area (TPSA) is 101 Å². The molecule has 0 aliphatic carbocycles. The van der Waals surface area contributed by atoms with E-state index in [1.165, 1.54) is 6.92 Å². The predicted octanol–water partition coefficient (Wildman–Crippen LogP) is 3.02. The zero-order valence-electron chi connectivity index (χ0n) is 16.8. The summed E-state index contributed by atoms with van der Waals surface area (Å²) in [4.78, 5) is 25.5. The van der Waals surface area contributed by atoms with E-state index >= 15 is 0 Å². The molecule has 0 radical (unpaired) electrons. The molecule has 1 fully saturated rings. The van der Waals surface area contributed by atoms with E-state index in [1.54, 1.807) is 6.07 Å². The zero-order valence-corrected chi connectivity index (χ0v) is 16.8. The molecule has 1 aliphatic rings. The van der Waals surface area contributed by atoms with Crippen LogP contribution in [0.5, 0.6) is 0 Å². The highest BCUT2D eigenvalue weighted by molar-refractivity contribution is 6.56. The Hall–Kier alpha value is -2.58. The van der Waals surface area contributed by atoms with Crippen molar-refractivity contribution in [2.24, 2.45) is 0 Å². The van der Waals surface area contributed by atoms with E-state index in [0.29, 0.717) is 0 Å². The molecule has 1 aliphatic heterocycles. The van der Waals surface area contributed by atoms with Crippen molar-refractivity contribution in [1.82, 2.24) is 10.3 Å². The maximum atomic E-state index is 11.4. The van der Waals surface area contributed by atoms with Crippen molar-refractivity contribution in [2.45, 2.75) is 45.8 Å². The summed E-state index contributed by atoms with van der Waals surface area (Å²) in [5.74, 6) is -1.15. The van der Waals surface area contributed by atoms with Gasteiger partial charge in [-0.3, -0.25) is 4.79 Å². The Morgan fingerprint density at radius 3 is 2.39 bits per heavy atom. The largest absolute Gasteiger partial charge is 0.492 e. The van der Waals surface area contributed by atoms with E-state index in [0.717, 1.165) is 21.9 Å². The molecule has 2 heterocycles. The van der Waals surface area contributed by atoms with Gasteiger partial charge in [-0.2, -0.15) is 0 Å². The molecule has 0 bridgehead atoms. The van der Waals surface area contributed by atoms with Gasteiger partial charge in [0.05, 0.1) is 11.2 Å². The Labute approximate surface area is 164 Å². The number of carboxylic acids is 1. The Bertz CT molecular complexity index is 945. The summed E-state index contributed by atoms with van der Waals surface area (Å²) in [7, 11) is -0.592. The van der Waals surface area contributed by atoms with Gasteiger partial charge in [-0.1, -0.05) is 18.2 Å². The second-order valence-corrected chi connectivity index (χ2v) is 8.05. The molecule has 1 saturated heterocycles. The lowest BCUT2D eigenvalue weighted by molar-refractivity contribution is -0.118. The summed E-state index contributed by atoms with van der Waals surface area (Å²) in [6.45, 7) is 9.64. The molecule has 148 valence electrons. The Kier molecular flexibility index (Phi) is 5.12. The van der Waals surface area contributed by atoms with Crippen molar-refractivity contribution >= 4 is 36.0 Å². The zero-order chi connectivity index (χ0) is 20.7. The van der Waals surface area contributed by atoms with E-state index in [9.17, 15) is 9.59 Å². The first-order valence-corrected chi connectivity index (χ1v) is 9.15. The van der Waals surface area contributed by atoms with Crippen LogP contribution in [0.4, 0.5) is 0 Å². The van der Waals surface area contributed by atoms with Gasteiger partial charge >= 0.3 is 13.1 Å². The van der Waals surface area contributed by atoms with Gasteiger partial charge in [-0.15, -0.1) is 0 Å². The number of aromatic amines is 1. The smallest absolute Gasteiger partial charge is 0.477 e. The number of carbonyl (C=O) groups excluding carboxylic acids is 1. The Morgan fingerprint density at radius 1 is 1.18 bits per heavy atom. The van der Waals surface area contributed by atoms with Gasteiger partial charge in [-0.05, 0) is 50.9 Å². The fraction of sp³-hybridized carbons (Fsp3) is 0.400. The Morgan fingerprint density at radius 2 is 1.82 bits per heavy atom. The van der Waals surface area contributed by atoms with E-state index in [1.807, 2.05) is 52.0 Å². The second kappa shape index (κ2) is 7.11. The average Bonchev–Trinajstić information content (AvgIpc) is 3.09. The number of hydrogen-bond acceptors (Lipinski definition) is 4. The molecule has 1 aromatic heterocycles. The lowest BCUT2D eigenvalue weighted by Crippen LogP contribution is -2.41. The van der Waals surface area contributed by atoms with Crippen LogP contribution in [-0.2, 0) is 14.1 Å². The number of carboxylic acid groups (broad SMARTS) is 1. The highest BCUT2D eigenvalue weighted by Crippen LogP contribution is 2.38. The van der Waals surface area contributed by atoms with Crippen molar-refractivity contribution in [3.63, 3.8) is 0 Å². The van der Waals surface area contributed by atoms with E-state index in [-0.39, 0.29) is 18.1 Å². The lowest BCUT2D eigenvalue weighted by Gasteiger charge is -2.32. The summed E-state index contributed by atoms with van der Waals surface area (Å²) in [6.07, 6.45) is 1.90. The van der Waals surface area contributed by atoms with Gasteiger partial charge < -0.3 is 24.7 Å². The highest BCUT2D eigenvalue weighted by Gasteiger charge is 2.52. The maximum absolute atomic E-state index is 11.4. The molecular formula is C20H25BN2O5. The molecule has 2 aromatic rings. The van der Waals surface area contributed by atoms with Gasteiger partial charge in [0.25, 0.3) is 0 Å². The van der Waals surface area contributed by atoms with Crippen molar-refractivity contribution in [1.29, 1.82) is 0 Å². The van der Waals surface area contributed by atoms with Gasteiger partial charge in [0.1, 0.15) is 5.69 Å². The van der Waals surface area contributed by atoms with Gasteiger partial charge in [0.15, 0.2) is 0 Å². The van der Waals surface area contributed by atoms with Crippen LogP contribution in [0.1, 0.15) is 50.7 Å². The van der Waals surface area contributed by atoms with Gasteiger partial charge in [0.2, 0.25) is 5.91 Å². The molecule has 0 unspecified atom stereocenters. The van der Waals surface area contributed by atoms with Crippen LogP contribution in [0.2, 0.25) is 0 Å². The van der Waals surface area contributed by atoms with Crippen molar-refractivity contribution in [2.75, 3.05) is 6.54 Å². The molecule has 28 heavy (non-hydrogen) atoms. The van der Waals surface area contributed by atoms with Crippen LogP contribution in [0.25, 0.3) is 17.0 Å². The van der Waals surface area contributed by atoms with Crippen LogP contribution in [-0.4, -0.2) is 46.8 Å². The van der Waals surface area contributed by atoms with Crippen LogP contribution in [0.15, 0.2) is 29.7 Å². The molecule has 7 nitrogen and oxygen atoms in total. The normalized spacial score (nSPS) is 18.5. The van der Waals surface area contributed by atoms with Crippen molar-refractivity contribution in [3.8, 4) is 0 Å². The van der Waals surface area contributed by atoms with Gasteiger partial charge in [0, 0.05) is 24.4 Å². The molecule has 3 N–H and O–H groups in total. The van der Waals surface area contributed by atoms with E-state index < -0.39 is 24.3 Å². The summed E-state index contributed by atoms with van der Waals surface area (Å²) >= 11 is 0. The molecule has 8 heteroatoms. The summed E-state index contributed by atoms with van der Waals surface area (Å²) in [5, 5.41) is 12.8. The monoisotopic (exact) mass is 384 g/mol.